The molecule has 0 spiro atoms. The van der Waals surface area contributed by atoms with Crippen LogP contribution in [-0.2, 0) is 0 Å². The second-order valence-corrected chi connectivity index (χ2v) is 3.42. The molecule has 1 heterocycles. The van der Waals surface area contributed by atoms with Gasteiger partial charge in [-0.25, -0.2) is 0 Å². The van der Waals surface area contributed by atoms with Crippen molar-refractivity contribution >= 4 is 11.6 Å². The molecule has 14 heavy (non-hydrogen) atoms. The van der Waals surface area contributed by atoms with E-state index in [4.69, 9.17) is 21.1 Å². The Morgan fingerprint density at radius 2 is 1.86 bits per heavy atom. The molecule has 0 bridgehead atoms. The molecule has 0 amide bonds. The number of rotatable bonds is 4. The van der Waals surface area contributed by atoms with E-state index in [0.717, 1.165) is 0 Å². The van der Waals surface area contributed by atoms with Gasteiger partial charge < -0.3 is 9.47 Å². The summed E-state index contributed by atoms with van der Waals surface area (Å²) in [7, 11) is 1.46. The summed E-state index contributed by atoms with van der Waals surface area (Å²) < 4.78 is 10.1. The number of hydrogen-bond acceptors (Lipinski definition) is 5. The molecule has 0 aromatic carbocycles. The molecule has 0 aliphatic carbocycles. The van der Waals surface area contributed by atoms with Crippen LogP contribution in [0.1, 0.15) is 13.8 Å². The van der Waals surface area contributed by atoms with Crippen LogP contribution in [0.25, 0.3) is 0 Å². The fourth-order valence-electron chi connectivity index (χ4n) is 0.712. The Labute approximate surface area is 87.4 Å². The monoisotopic (exact) mass is 217 g/mol. The maximum atomic E-state index is 5.62. The lowest BCUT2D eigenvalue weighted by molar-refractivity contribution is 0.244. The van der Waals surface area contributed by atoms with Crippen molar-refractivity contribution in [1.29, 1.82) is 0 Å². The van der Waals surface area contributed by atoms with Crippen molar-refractivity contribution in [2.45, 2.75) is 13.8 Å². The number of halogens is 1. The molecule has 0 saturated heterocycles. The highest BCUT2D eigenvalue weighted by atomic mass is 35.5. The van der Waals surface area contributed by atoms with E-state index in [9.17, 15) is 0 Å². The minimum absolute atomic E-state index is 0.0654. The Morgan fingerprint density at radius 1 is 1.21 bits per heavy atom. The largest absolute Gasteiger partial charge is 0.467 e. The smallest absolute Gasteiger partial charge is 0.323 e. The molecule has 0 fully saturated rings. The van der Waals surface area contributed by atoms with E-state index in [1.165, 1.54) is 7.11 Å². The van der Waals surface area contributed by atoms with E-state index in [2.05, 4.69) is 15.0 Å². The SMILES string of the molecule is COc1nc(Cl)nc(OCC(C)C)n1. The number of nitrogens with zero attached hydrogens (tertiary/aromatic N) is 3. The fraction of sp³-hybridized carbons (Fsp3) is 0.625. The van der Waals surface area contributed by atoms with Gasteiger partial charge in [0.1, 0.15) is 0 Å². The third-order valence-electron chi connectivity index (χ3n) is 1.30. The maximum absolute atomic E-state index is 5.62. The predicted molar refractivity (Wildman–Crippen MR) is 51.7 cm³/mol. The molecule has 5 nitrogen and oxygen atoms in total. The minimum Gasteiger partial charge on any atom is -0.467 e. The zero-order valence-electron chi connectivity index (χ0n) is 8.32. The zero-order valence-corrected chi connectivity index (χ0v) is 9.08. The first-order valence-electron chi connectivity index (χ1n) is 4.20. The van der Waals surface area contributed by atoms with Crippen molar-refractivity contribution in [1.82, 2.24) is 15.0 Å². The van der Waals surface area contributed by atoms with Gasteiger partial charge in [-0.05, 0) is 17.5 Å². The molecule has 0 atom stereocenters. The van der Waals surface area contributed by atoms with Crippen LogP contribution < -0.4 is 9.47 Å². The number of hydrogen-bond donors (Lipinski definition) is 0. The van der Waals surface area contributed by atoms with Gasteiger partial charge >= 0.3 is 12.0 Å². The van der Waals surface area contributed by atoms with Crippen LogP contribution in [0.4, 0.5) is 0 Å². The normalized spacial score (nSPS) is 10.4. The average molecular weight is 218 g/mol. The lowest BCUT2D eigenvalue weighted by Crippen LogP contribution is -2.08. The van der Waals surface area contributed by atoms with E-state index in [1.807, 2.05) is 13.8 Å². The van der Waals surface area contributed by atoms with Crippen molar-refractivity contribution in [2.24, 2.45) is 5.92 Å². The quantitative estimate of drug-likeness (QED) is 0.766. The van der Waals surface area contributed by atoms with Crippen LogP contribution in [0.15, 0.2) is 0 Å². The third-order valence-corrected chi connectivity index (χ3v) is 1.46. The van der Waals surface area contributed by atoms with E-state index in [0.29, 0.717) is 12.5 Å². The fourth-order valence-corrected chi connectivity index (χ4v) is 0.856. The van der Waals surface area contributed by atoms with Crippen LogP contribution in [0.3, 0.4) is 0 Å². The van der Waals surface area contributed by atoms with E-state index >= 15 is 0 Å². The molecule has 0 unspecified atom stereocenters. The molecule has 1 aromatic rings. The number of ether oxygens (including phenoxy) is 2. The number of aromatic nitrogens is 3. The Balaban J connectivity index is 2.71. The molecule has 0 N–H and O–H groups in total. The first kappa shape index (κ1) is 11.0. The number of methoxy groups -OCH3 is 1. The summed E-state index contributed by atoms with van der Waals surface area (Å²) >= 11 is 5.62. The minimum atomic E-state index is 0.0654. The van der Waals surface area contributed by atoms with Crippen LogP contribution >= 0.6 is 11.6 Å². The summed E-state index contributed by atoms with van der Waals surface area (Å²) in [6, 6.07) is 0.347. The topological polar surface area (TPSA) is 57.1 Å². The summed E-state index contributed by atoms with van der Waals surface area (Å²) in [6.07, 6.45) is 0. The molecule has 1 rings (SSSR count). The Kier molecular flexibility index (Phi) is 3.88. The Bertz CT molecular complexity index is 307. The predicted octanol–water partition coefficient (Wildman–Crippen LogP) is 1.57. The van der Waals surface area contributed by atoms with Gasteiger partial charge in [0.15, 0.2) is 0 Å². The van der Waals surface area contributed by atoms with E-state index < -0.39 is 0 Å². The molecule has 0 aliphatic rings. The van der Waals surface area contributed by atoms with Crippen LogP contribution in [-0.4, -0.2) is 28.7 Å². The van der Waals surface area contributed by atoms with Gasteiger partial charge in [-0.1, -0.05) is 13.8 Å². The molecule has 6 heteroatoms. The summed E-state index contributed by atoms with van der Waals surface area (Å²) in [6.45, 7) is 4.59. The average Bonchev–Trinajstić information content (AvgIpc) is 2.14. The van der Waals surface area contributed by atoms with Crippen molar-refractivity contribution in [3.8, 4) is 12.0 Å². The standard InChI is InChI=1S/C8H12ClN3O2/c1-5(2)4-14-8-11-6(9)10-7(12-8)13-3/h5H,4H2,1-3H3. The zero-order chi connectivity index (χ0) is 10.6. The molecular formula is C8H12ClN3O2. The first-order chi connectivity index (χ1) is 6.61. The van der Waals surface area contributed by atoms with Crippen LogP contribution in [0, 0.1) is 5.92 Å². The first-order valence-corrected chi connectivity index (χ1v) is 4.58. The Morgan fingerprint density at radius 3 is 2.43 bits per heavy atom. The summed E-state index contributed by atoms with van der Waals surface area (Å²) in [5.41, 5.74) is 0. The highest BCUT2D eigenvalue weighted by Gasteiger charge is 2.06. The second kappa shape index (κ2) is 4.95. The molecule has 0 saturated carbocycles. The molecule has 0 radical (unpaired) electrons. The second-order valence-electron chi connectivity index (χ2n) is 3.08. The van der Waals surface area contributed by atoms with Gasteiger partial charge in [0, 0.05) is 0 Å². The van der Waals surface area contributed by atoms with Crippen molar-refractivity contribution in [2.75, 3.05) is 13.7 Å². The lowest BCUT2D eigenvalue weighted by atomic mass is 10.2. The van der Waals surface area contributed by atoms with Gasteiger partial charge in [0.05, 0.1) is 13.7 Å². The van der Waals surface area contributed by atoms with Gasteiger partial charge in [-0.3, -0.25) is 0 Å². The molecule has 0 aliphatic heterocycles. The summed E-state index contributed by atoms with van der Waals surface area (Å²) in [5, 5.41) is 0.0654. The van der Waals surface area contributed by atoms with E-state index in [1.54, 1.807) is 0 Å². The highest BCUT2D eigenvalue weighted by molar-refractivity contribution is 6.28. The highest BCUT2D eigenvalue weighted by Crippen LogP contribution is 2.12. The molecule has 78 valence electrons. The van der Waals surface area contributed by atoms with Gasteiger partial charge in [-0.2, -0.15) is 9.97 Å². The third kappa shape index (κ3) is 3.33. The van der Waals surface area contributed by atoms with Gasteiger partial charge in [0.25, 0.3) is 0 Å². The van der Waals surface area contributed by atoms with Crippen LogP contribution in [0.2, 0.25) is 5.28 Å². The maximum Gasteiger partial charge on any atom is 0.323 e. The van der Waals surface area contributed by atoms with E-state index in [-0.39, 0.29) is 17.3 Å². The van der Waals surface area contributed by atoms with Crippen LogP contribution in [0.5, 0.6) is 12.0 Å². The summed E-state index contributed by atoms with van der Waals surface area (Å²) in [4.78, 5) is 11.4. The summed E-state index contributed by atoms with van der Waals surface area (Å²) in [5.74, 6) is 0.400. The molecular weight excluding hydrogens is 206 g/mol. The van der Waals surface area contributed by atoms with Gasteiger partial charge in [0.2, 0.25) is 5.28 Å². The van der Waals surface area contributed by atoms with Crippen molar-refractivity contribution in [3.63, 3.8) is 0 Å². The molecule has 1 aromatic heterocycles. The van der Waals surface area contributed by atoms with Crippen molar-refractivity contribution < 1.29 is 9.47 Å². The van der Waals surface area contributed by atoms with Gasteiger partial charge in [-0.15, -0.1) is 4.98 Å². The Hall–Kier alpha value is -1.10. The lowest BCUT2D eigenvalue weighted by Gasteiger charge is -2.07. The van der Waals surface area contributed by atoms with Crippen molar-refractivity contribution in [3.05, 3.63) is 5.28 Å².